The van der Waals surface area contributed by atoms with E-state index in [2.05, 4.69) is 23.2 Å². The Morgan fingerprint density at radius 1 is 1.11 bits per heavy atom. The standard InChI is InChI=1S/C22H23N3O2/c1-14-8-9-15-5-2-3-6-18(15)25(14)22(27)16-10-11-19-17(13-16)23-21(26)20-7-4-12-24(19)20/h2-3,5-6,10-11,13-14,20H,4,7-9,12H2,1H3,(H,23,26)/t14-,20+/m0/s1. The highest BCUT2D eigenvalue weighted by Gasteiger charge is 2.37. The maximum absolute atomic E-state index is 13.4. The molecule has 2 aromatic rings. The van der Waals surface area contributed by atoms with Gasteiger partial charge in [-0.1, -0.05) is 18.2 Å². The third-order valence-electron chi connectivity index (χ3n) is 6.11. The van der Waals surface area contributed by atoms with E-state index >= 15 is 0 Å². The molecule has 3 aliphatic rings. The van der Waals surface area contributed by atoms with Crippen molar-refractivity contribution in [2.75, 3.05) is 21.7 Å². The number of aryl methyl sites for hydroxylation is 1. The summed E-state index contributed by atoms with van der Waals surface area (Å²) in [6, 6.07) is 14.0. The van der Waals surface area contributed by atoms with Crippen molar-refractivity contribution in [3.63, 3.8) is 0 Å². The molecule has 138 valence electrons. The number of para-hydroxylation sites is 1. The zero-order valence-electron chi connectivity index (χ0n) is 15.4. The van der Waals surface area contributed by atoms with Crippen LogP contribution in [0.2, 0.25) is 0 Å². The Morgan fingerprint density at radius 3 is 2.85 bits per heavy atom. The number of hydrogen-bond acceptors (Lipinski definition) is 3. The van der Waals surface area contributed by atoms with E-state index in [0.717, 1.165) is 49.3 Å². The highest BCUT2D eigenvalue weighted by molar-refractivity contribution is 6.10. The van der Waals surface area contributed by atoms with Crippen LogP contribution < -0.4 is 15.1 Å². The zero-order valence-corrected chi connectivity index (χ0v) is 15.4. The van der Waals surface area contributed by atoms with Crippen LogP contribution in [0.3, 0.4) is 0 Å². The first-order chi connectivity index (χ1) is 13.1. The van der Waals surface area contributed by atoms with Gasteiger partial charge < -0.3 is 15.1 Å². The lowest BCUT2D eigenvalue weighted by Crippen LogP contribution is -2.44. The van der Waals surface area contributed by atoms with E-state index in [4.69, 9.17) is 0 Å². The highest BCUT2D eigenvalue weighted by Crippen LogP contribution is 2.38. The minimum absolute atomic E-state index is 0.00440. The number of hydrogen-bond donors (Lipinski definition) is 1. The Hall–Kier alpha value is -2.82. The van der Waals surface area contributed by atoms with Gasteiger partial charge in [-0.2, -0.15) is 0 Å². The first kappa shape index (κ1) is 16.4. The fourth-order valence-electron chi connectivity index (χ4n) is 4.70. The van der Waals surface area contributed by atoms with Gasteiger partial charge in [0.2, 0.25) is 5.91 Å². The number of nitrogens with one attached hydrogen (secondary N) is 1. The summed E-state index contributed by atoms with van der Waals surface area (Å²) in [5.41, 5.74) is 4.62. The molecule has 3 aliphatic heterocycles. The highest BCUT2D eigenvalue weighted by atomic mass is 16.2. The van der Waals surface area contributed by atoms with Gasteiger partial charge in [-0.05, 0) is 62.4 Å². The van der Waals surface area contributed by atoms with Gasteiger partial charge in [-0.25, -0.2) is 0 Å². The number of nitrogens with zero attached hydrogens (tertiary/aromatic N) is 2. The Bertz CT molecular complexity index is 939. The molecule has 1 saturated heterocycles. The van der Waals surface area contributed by atoms with Crippen molar-refractivity contribution in [1.82, 2.24) is 0 Å². The van der Waals surface area contributed by atoms with Crippen LogP contribution in [0.15, 0.2) is 42.5 Å². The predicted octanol–water partition coefficient (Wildman–Crippen LogP) is 3.59. The molecule has 0 radical (unpaired) electrons. The lowest BCUT2D eigenvalue weighted by molar-refractivity contribution is -0.117. The summed E-state index contributed by atoms with van der Waals surface area (Å²) in [4.78, 5) is 29.8. The number of anilines is 3. The van der Waals surface area contributed by atoms with Crippen LogP contribution in [0.25, 0.3) is 0 Å². The molecule has 1 N–H and O–H groups in total. The first-order valence-corrected chi connectivity index (χ1v) is 9.76. The molecule has 2 amide bonds. The van der Waals surface area contributed by atoms with E-state index in [9.17, 15) is 9.59 Å². The van der Waals surface area contributed by atoms with Crippen LogP contribution in [0.4, 0.5) is 17.1 Å². The van der Waals surface area contributed by atoms with Crippen molar-refractivity contribution in [3.8, 4) is 0 Å². The third-order valence-corrected chi connectivity index (χ3v) is 6.11. The van der Waals surface area contributed by atoms with E-state index in [1.54, 1.807) is 0 Å². The van der Waals surface area contributed by atoms with Crippen molar-refractivity contribution >= 4 is 28.9 Å². The number of carbonyl (C=O) groups excluding carboxylic acids is 2. The van der Waals surface area contributed by atoms with Gasteiger partial charge in [0.1, 0.15) is 6.04 Å². The molecular formula is C22H23N3O2. The molecule has 0 aliphatic carbocycles. The molecule has 5 rings (SSSR count). The number of carbonyl (C=O) groups is 2. The van der Waals surface area contributed by atoms with Gasteiger partial charge in [0.15, 0.2) is 0 Å². The van der Waals surface area contributed by atoms with Crippen molar-refractivity contribution < 1.29 is 9.59 Å². The number of amides is 2. The second-order valence-corrected chi connectivity index (χ2v) is 7.76. The van der Waals surface area contributed by atoms with Gasteiger partial charge in [0.05, 0.1) is 11.4 Å². The van der Waals surface area contributed by atoms with Gasteiger partial charge in [-0.15, -0.1) is 0 Å². The van der Waals surface area contributed by atoms with Gasteiger partial charge >= 0.3 is 0 Å². The molecule has 2 aromatic carbocycles. The van der Waals surface area contributed by atoms with Crippen molar-refractivity contribution in [2.45, 2.75) is 44.7 Å². The fourth-order valence-corrected chi connectivity index (χ4v) is 4.70. The monoisotopic (exact) mass is 361 g/mol. The van der Waals surface area contributed by atoms with Crippen LogP contribution in [-0.4, -0.2) is 30.4 Å². The summed E-state index contributed by atoms with van der Waals surface area (Å²) in [6.45, 7) is 3.00. The molecule has 0 bridgehead atoms. The SMILES string of the molecule is C[C@H]1CCc2ccccc2N1C(=O)c1ccc2c(c1)NC(=O)[C@H]1CCCN21. The summed E-state index contributed by atoms with van der Waals surface area (Å²) in [5.74, 6) is 0.0385. The second kappa shape index (κ2) is 6.12. The van der Waals surface area contributed by atoms with Crippen molar-refractivity contribution in [2.24, 2.45) is 0 Å². The Balaban J connectivity index is 1.52. The normalized spacial score (nSPS) is 23.4. The predicted molar refractivity (Wildman–Crippen MR) is 106 cm³/mol. The fraction of sp³-hybridized carbons (Fsp3) is 0.364. The van der Waals surface area contributed by atoms with Crippen LogP contribution in [-0.2, 0) is 11.2 Å². The zero-order chi connectivity index (χ0) is 18.5. The van der Waals surface area contributed by atoms with E-state index < -0.39 is 0 Å². The van der Waals surface area contributed by atoms with Crippen molar-refractivity contribution in [1.29, 1.82) is 0 Å². The third kappa shape index (κ3) is 2.52. The molecular weight excluding hydrogens is 338 g/mol. The average Bonchev–Trinajstić information content (AvgIpc) is 3.18. The summed E-state index contributed by atoms with van der Waals surface area (Å²) in [7, 11) is 0. The summed E-state index contributed by atoms with van der Waals surface area (Å²) < 4.78 is 0. The lowest BCUT2D eigenvalue weighted by atomic mass is 9.95. The maximum Gasteiger partial charge on any atom is 0.258 e. The molecule has 3 heterocycles. The molecule has 0 spiro atoms. The summed E-state index contributed by atoms with van der Waals surface area (Å²) >= 11 is 0. The molecule has 5 nitrogen and oxygen atoms in total. The molecule has 0 unspecified atom stereocenters. The lowest BCUT2D eigenvalue weighted by Gasteiger charge is -2.36. The number of rotatable bonds is 1. The van der Waals surface area contributed by atoms with E-state index in [1.807, 2.05) is 41.3 Å². The molecule has 1 fully saturated rings. The minimum Gasteiger partial charge on any atom is -0.358 e. The van der Waals surface area contributed by atoms with E-state index in [1.165, 1.54) is 5.56 Å². The topological polar surface area (TPSA) is 52.7 Å². The van der Waals surface area contributed by atoms with E-state index in [0.29, 0.717) is 5.56 Å². The van der Waals surface area contributed by atoms with Gasteiger partial charge in [0, 0.05) is 23.8 Å². The Morgan fingerprint density at radius 2 is 1.96 bits per heavy atom. The minimum atomic E-state index is -0.0620. The van der Waals surface area contributed by atoms with Crippen molar-refractivity contribution in [3.05, 3.63) is 53.6 Å². The van der Waals surface area contributed by atoms with Crippen LogP contribution in [0.5, 0.6) is 0 Å². The molecule has 5 heteroatoms. The Labute approximate surface area is 159 Å². The first-order valence-electron chi connectivity index (χ1n) is 9.76. The molecule has 0 aromatic heterocycles. The number of benzene rings is 2. The second-order valence-electron chi connectivity index (χ2n) is 7.76. The smallest absolute Gasteiger partial charge is 0.258 e. The molecule has 27 heavy (non-hydrogen) atoms. The summed E-state index contributed by atoms with van der Waals surface area (Å²) in [5, 5.41) is 3.01. The average molecular weight is 361 g/mol. The molecule has 0 saturated carbocycles. The maximum atomic E-state index is 13.4. The van der Waals surface area contributed by atoms with Gasteiger partial charge in [0.25, 0.3) is 5.91 Å². The van der Waals surface area contributed by atoms with Crippen LogP contribution in [0.1, 0.15) is 42.1 Å². The van der Waals surface area contributed by atoms with Crippen LogP contribution >= 0.6 is 0 Å². The van der Waals surface area contributed by atoms with E-state index in [-0.39, 0.29) is 23.9 Å². The Kier molecular flexibility index (Phi) is 3.71. The van der Waals surface area contributed by atoms with Crippen LogP contribution in [0, 0.1) is 0 Å². The molecule has 2 atom stereocenters. The largest absolute Gasteiger partial charge is 0.358 e. The summed E-state index contributed by atoms with van der Waals surface area (Å²) in [6.07, 6.45) is 3.88. The quantitative estimate of drug-likeness (QED) is 0.845. The van der Waals surface area contributed by atoms with Gasteiger partial charge in [-0.3, -0.25) is 9.59 Å². The number of fused-ring (bicyclic) bond motifs is 4.